The van der Waals surface area contributed by atoms with Crippen molar-refractivity contribution in [2.24, 2.45) is 5.92 Å². The number of aromatic nitrogens is 3. The summed E-state index contributed by atoms with van der Waals surface area (Å²) in [5.74, 6) is 0.159. The minimum Gasteiger partial charge on any atom is -0.339 e. The lowest BCUT2D eigenvalue weighted by atomic mass is 9.88. The van der Waals surface area contributed by atoms with Gasteiger partial charge in [-0.05, 0) is 31.0 Å². The largest absolute Gasteiger partial charge is 0.339 e. The first-order valence-electron chi connectivity index (χ1n) is 12.1. The summed E-state index contributed by atoms with van der Waals surface area (Å²) in [7, 11) is 0. The smallest absolute Gasteiger partial charge is 0.275 e. The third-order valence-corrected chi connectivity index (χ3v) is 6.94. The van der Waals surface area contributed by atoms with Crippen LogP contribution in [0.2, 0.25) is 0 Å². The lowest BCUT2D eigenvalue weighted by molar-refractivity contribution is -0.138. The summed E-state index contributed by atoms with van der Waals surface area (Å²) >= 11 is 0. The van der Waals surface area contributed by atoms with Gasteiger partial charge in [-0.1, -0.05) is 43.5 Å². The minimum absolute atomic E-state index is 0.136. The highest BCUT2D eigenvalue weighted by molar-refractivity contribution is 6.04. The molecule has 1 aromatic carbocycles. The molecular formula is C26H29N5O3. The maximum absolute atomic E-state index is 13.5. The van der Waals surface area contributed by atoms with Gasteiger partial charge >= 0.3 is 0 Å². The quantitative estimate of drug-likeness (QED) is 0.599. The lowest BCUT2D eigenvalue weighted by Crippen LogP contribution is -2.52. The molecule has 3 aromatic rings. The van der Waals surface area contributed by atoms with Crippen LogP contribution in [-0.4, -0.2) is 62.6 Å². The topological polar surface area (TPSA) is 88.4 Å². The van der Waals surface area contributed by atoms with E-state index in [0.717, 1.165) is 25.7 Å². The number of pyridine rings is 1. The molecule has 8 nitrogen and oxygen atoms in total. The van der Waals surface area contributed by atoms with E-state index in [1.54, 1.807) is 29.3 Å². The van der Waals surface area contributed by atoms with Gasteiger partial charge in [0.25, 0.3) is 11.5 Å². The van der Waals surface area contributed by atoms with Gasteiger partial charge in [0.2, 0.25) is 5.91 Å². The normalized spacial score (nSPS) is 17.2. The second kappa shape index (κ2) is 9.75. The molecule has 2 amide bonds. The Kier molecular flexibility index (Phi) is 6.38. The molecule has 0 radical (unpaired) electrons. The minimum atomic E-state index is -0.249. The molecule has 0 atom stereocenters. The zero-order valence-corrected chi connectivity index (χ0v) is 19.2. The monoisotopic (exact) mass is 459 g/mol. The van der Waals surface area contributed by atoms with E-state index in [1.807, 2.05) is 29.2 Å². The SMILES string of the molecule is O=C(c1nn(Cc2ccccn2)c(=O)c2ccccc12)N1CCN(C(=O)C2CCCCC2)CC1. The van der Waals surface area contributed by atoms with Crippen LogP contribution in [-0.2, 0) is 11.3 Å². The number of amides is 2. The van der Waals surface area contributed by atoms with Crippen molar-refractivity contribution >= 4 is 22.6 Å². The third kappa shape index (κ3) is 4.44. The van der Waals surface area contributed by atoms with Crippen molar-refractivity contribution in [1.29, 1.82) is 0 Å². The Hall–Kier alpha value is -3.55. The summed E-state index contributed by atoms with van der Waals surface area (Å²) in [6.45, 7) is 2.19. The van der Waals surface area contributed by atoms with Gasteiger partial charge in [-0.2, -0.15) is 5.10 Å². The van der Waals surface area contributed by atoms with Crippen LogP contribution in [0, 0.1) is 5.92 Å². The molecule has 0 spiro atoms. The molecule has 2 aliphatic rings. The Morgan fingerprint density at radius 2 is 1.53 bits per heavy atom. The van der Waals surface area contributed by atoms with E-state index in [-0.39, 0.29) is 35.5 Å². The number of carbonyl (C=O) groups is 2. The van der Waals surface area contributed by atoms with Crippen molar-refractivity contribution in [1.82, 2.24) is 24.6 Å². The highest BCUT2D eigenvalue weighted by Gasteiger charge is 2.31. The zero-order valence-electron chi connectivity index (χ0n) is 19.2. The molecule has 176 valence electrons. The number of rotatable bonds is 4. The Balaban J connectivity index is 1.37. The number of carbonyl (C=O) groups excluding carboxylic acids is 2. The first kappa shape index (κ1) is 22.3. The average molecular weight is 460 g/mol. The Labute approximate surface area is 198 Å². The Morgan fingerprint density at radius 1 is 0.853 bits per heavy atom. The van der Waals surface area contributed by atoms with Crippen molar-refractivity contribution in [3.63, 3.8) is 0 Å². The van der Waals surface area contributed by atoms with E-state index in [2.05, 4.69) is 10.1 Å². The fourth-order valence-corrected chi connectivity index (χ4v) is 5.03. The van der Waals surface area contributed by atoms with Crippen LogP contribution in [0.1, 0.15) is 48.3 Å². The molecule has 34 heavy (non-hydrogen) atoms. The van der Waals surface area contributed by atoms with Crippen LogP contribution < -0.4 is 5.56 Å². The fraction of sp³-hybridized carbons (Fsp3) is 0.423. The fourth-order valence-electron chi connectivity index (χ4n) is 5.03. The van der Waals surface area contributed by atoms with Gasteiger partial charge in [-0.15, -0.1) is 0 Å². The third-order valence-electron chi connectivity index (χ3n) is 6.94. The van der Waals surface area contributed by atoms with Gasteiger partial charge in [-0.3, -0.25) is 19.4 Å². The van der Waals surface area contributed by atoms with E-state index in [0.29, 0.717) is 42.6 Å². The molecule has 2 aromatic heterocycles. The van der Waals surface area contributed by atoms with E-state index in [9.17, 15) is 14.4 Å². The predicted molar refractivity (Wildman–Crippen MR) is 128 cm³/mol. The summed E-state index contributed by atoms with van der Waals surface area (Å²) in [5, 5.41) is 5.50. The van der Waals surface area contributed by atoms with Crippen LogP contribution in [0.5, 0.6) is 0 Å². The molecule has 5 rings (SSSR count). The second-order valence-corrected chi connectivity index (χ2v) is 9.13. The summed E-state index contributed by atoms with van der Waals surface area (Å²) in [6.07, 6.45) is 7.10. The molecule has 1 saturated heterocycles. The van der Waals surface area contributed by atoms with Gasteiger partial charge in [0, 0.05) is 43.7 Å². The van der Waals surface area contributed by atoms with Gasteiger partial charge < -0.3 is 9.80 Å². The van der Waals surface area contributed by atoms with Gasteiger partial charge in [0.1, 0.15) is 0 Å². The Morgan fingerprint density at radius 3 is 2.24 bits per heavy atom. The van der Waals surface area contributed by atoms with Crippen molar-refractivity contribution in [3.05, 3.63) is 70.4 Å². The van der Waals surface area contributed by atoms with Crippen molar-refractivity contribution in [2.45, 2.75) is 38.6 Å². The molecule has 1 aliphatic heterocycles. The van der Waals surface area contributed by atoms with E-state index in [4.69, 9.17) is 0 Å². The zero-order chi connectivity index (χ0) is 23.5. The molecule has 0 bridgehead atoms. The van der Waals surface area contributed by atoms with Crippen molar-refractivity contribution in [2.75, 3.05) is 26.2 Å². The number of piperazine rings is 1. The van der Waals surface area contributed by atoms with Crippen molar-refractivity contribution in [3.8, 4) is 0 Å². The maximum atomic E-state index is 13.5. The molecule has 1 aliphatic carbocycles. The summed E-state index contributed by atoms with van der Waals surface area (Å²) in [5.41, 5.74) is 0.708. The van der Waals surface area contributed by atoms with Crippen LogP contribution in [0.25, 0.3) is 10.8 Å². The predicted octanol–water partition coefficient (Wildman–Crippen LogP) is 2.70. The number of hydrogen-bond acceptors (Lipinski definition) is 5. The number of fused-ring (bicyclic) bond motifs is 1. The molecule has 3 heterocycles. The Bertz CT molecular complexity index is 1240. The molecule has 0 unspecified atom stereocenters. The van der Waals surface area contributed by atoms with Crippen LogP contribution >= 0.6 is 0 Å². The summed E-state index contributed by atoms with van der Waals surface area (Å²) in [6, 6.07) is 12.6. The molecular weight excluding hydrogens is 430 g/mol. The van der Waals surface area contributed by atoms with E-state index >= 15 is 0 Å². The summed E-state index contributed by atoms with van der Waals surface area (Å²) < 4.78 is 1.32. The molecule has 2 fully saturated rings. The maximum Gasteiger partial charge on any atom is 0.275 e. The van der Waals surface area contributed by atoms with Crippen LogP contribution in [0.15, 0.2) is 53.5 Å². The number of nitrogens with zero attached hydrogens (tertiary/aromatic N) is 5. The van der Waals surface area contributed by atoms with Crippen LogP contribution in [0.4, 0.5) is 0 Å². The van der Waals surface area contributed by atoms with E-state index in [1.165, 1.54) is 11.1 Å². The lowest BCUT2D eigenvalue weighted by Gasteiger charge is -2.37. The number of hydrogen-bond donors (Lipinski definition) is 0. The van der Waals surface area contributed by atoms with Gasteiger partial charge in [0.15, 0.2) is 5.69 Å². The molecule has 0 N–H and O–H groups in total. The molecule has 1 saturated carbocycles. The first-order valence-corrected chi connectivity index (χ1v) is 12.1. The summed E-state index contributed by atoms with van der Waals surface area (Å²) in [4.78, 5) is 47.4. The van der Waals surface area contributed by atoms with Gasteiger partial charge in [0.05, 0.1) is 17.6 Å². The van der Waals surface area contributed by atoms with Gasteiger partial charge in [-0.25, -0.2) is 4.68 Å². The van der Waals surface area contributed by atoms with Crippen LogP contribution in [0.3, 0.4) is 0 Å². The highest BCUT2D eigenvalue weighted by atomic mass is 16.2. The van der Waals surface area contributed by atoms with Crippen molar-refractivity contribution < 1.29 is 9.59 Å². The first-order chi connectivity index (χ1) is 16.6. The molecule has 8 heteroatoms. The standard InChI is InChI=1S/C26H29N5O3/c32-24(19-8-2-1-3-9-19)29-14-16-30(17-15-29)26(34)23-21-11-4-5-12-22(21)25(33)31(28-23)18-20-10-6-7-13-27-20/h4-7,10-13,19H,1-3,8-9,14-18H2. The average Bonchev–Trinajstić information content (AvgIpc) is 2.91. The number of benzene rings is 1. The highest BCUT2D eigenvalue weighted by Crippen LogP contribution is 2.26. The van der Waals surface area contributed by atoms with E-state index < -0.39 is 0 Å². The second-order valence-electron chi connectivity index (χ2n) is 9.13.